The smallest absolute Gasteiger partial charge is 0.245 e. The molecule has 0 spiro atoms. The van der Waals surface area contributed by atoms with Gasteiger partial charge in [-0.2, -0.15) is 0 Å². The number of likely N-dealkylation sites (tertiary alicyclic amines) is 1. The molecule has 1 aromatic carbocycles. The molecule has 0 unspecified atom stereocenters. The van der Waals surface area contributed by atoms with Crippen LogP contribution in [0.3, 0.4) is 0 Å². The Kier molecular flexibility index (Phi) is 4.23. The highest BCUT2D eigenvalue weighted by Crippen LogP contribution is 2.24. The van der Waals surface area contributed by atoms with Crippen LogP contribution in [0.15, 0.2) is 30.3 Å². The molecule has 0 saturated carbocycles. The van der Waals surface area contributed by atoms with Gasteiger partial charge in [-0.1, -0.05) is 36.8 Å². The average molecular weight is 286 g/mol. The van der Waals surface area contributed by atoms with Gasteiger partial charge in [-0.15, -0.1) is 0 Å². The van der Waals surface area contributed by atoms with Crippen LogP contribution in [0.25, 0.3) is 0 Å². The van der Waals surface area contributed by atoms with Crippen LogP contribution in [-0.2, 0) is 16.0 Å². The molecule has 2 saturated heterocycles. The minimum absolute atomic E-state index is 0.0194. The Bertz CT molecular complexity index is 515. The number of hydrogen-bond acceptors (Lipinski definition) is 2. The van der Waals surface area contributed by atoms with Crippen molar-refractivity contribution < 1.29 is 9.59 Å². The van der Waals surface area contributed by atoms with Crippen molar-refractivity contribution in [3.63, 3.8) is 0 Å². The highest BCUT2D eigenvalue weighted by Gasteiger charge is 2.36. The van der Waals surface area contributed by atoms with Crippen LogP contribution in [0, 0.1) is 0 Å². The van der Waals surface area contributed by atoms with Gasteiger partial charge in [0.25, 0.3) is 0 Å². The Hall–Kier alpha value is -1.84. The Labute approximate surface area is 125 Å². The standard InChI is InChI=1S/C17H22N2O2/c20-16-9-5-4-8-15(18-16)17(21)19-11-10-14(19)12-13-6-2-1-3-7-13/h1-3,6-7,14-15H,4-5,8-12H2,(H,18,20)/t14-,15-/m0/s1. The van der Waals surface area contributed by atoms with Crippen molar-refractivity contribution in [1.29, 1.82) is 0 Å². The molecule has 0 bridgehead atoms. The van der Waals surface area contributed by atoms with Crippen LogP contribution >= 0.6 is 0 Å². The quantitative estimate of drug-likeness (QED) is 0.922. The molecule has 0 aromatic heterocycles. The molecule has 4 nitrogen and oxygen atoms in total. The summed E-state index contributed by atoms with van der Waals surface area (Å²) in [6, 6.07) is 10.3. The van der Waals surface area contributed by atoms with E-state index >= 15 is 0 Å². The van der Waals surface area contributed by atoms with Crippen LogP contribution in [0.5, 0.6) is 0 Å². The molecule has 2 atom stereocenters. The Morgan fingerprint density at radius 2 is 2.00 bits per heavy atom. The molecule has 2 heterocycles. The topological polar surface area (TPSA) is 49.4 Å². The van der Waals surface area contributed by atoms with Crippen LogP contribution < -0.4 is 5.32 Å². The van der Waals surface area contributed by atoms with Crippen molar-refractivity contribution in [2.45, 2.75) is 50.6 Å². The lowest BCUT2D eigenvalue weighted by molar-refractivity contribution is -0.143. The van der Waals surface area contributed by atoms with Crippen LogP contribution in [0.1, 0.15) is 37.7 Å². The highest BCUT2D eigenvalue weighted by atomic mass is 16.2. The summed E-state index contributed by atoms with van der Waals surface area (Å²) in [6.45, 7) is 0.822. The SMILES string of the molecule is O=C1CCCC[C@@H](C(=O)N2CC[C@H]2Cc2ccccc2)N1. The van der Waals surface area contributed by atoms with Crippen molar-refractivity contribution in [2.75, 3.05) is 6.54 Å². The summed E-state index contributed by atoms with van der Waals surface area (Å²) in [6.07, 6.45) is 5.14. The maximum atomic E-state index is 12.6. The molecule has 1 aromatic rings. The fraction of sp³-hybridized carbons (Fsp3) is 0.529. The summed E-state index contributed by atoms with van der Waals surface area (Å²) >= 11 is 0. The predicted octanol–water partition coefficient (Wildman–Crippen LogP) is 1.89. The normalized spacial score (nSPS) is 25.7. The third-order valence-corrected chi connectivity index (χ3v) is 4.52. The number of nitrogens with one attached hydrogen (secondary N) is 1. The lowest BCUT2D eigenvalue weighted by atomic mass is 9.93. The van der Waals surface area contributed by atoms with Gasteiger partial charge in [-0.3, -0.25) is 9.59 Å². The fourth-order valence-electron chi connectivity index (χ4n) is 3.19. The van der Waals surface area contributed by atoms with E-state index in [1.54, 1.807) is 0 Å². The van der Waals surface area contributed by atoms with Crippen molar-refractivity contribution in [3.05, 3.63) is 35.9 Å². The summed E-state index contributed by atoms with van der Waals surface area (Å²) < 4.78 is 0. The number of hydrogen-bond donors (Lipinski definition) is 1. The molecule has 21 heavy (non-hydrogen) atoms. The Morgan fingerprint density at radius 3 is 2.71 bits per heavy atom. The first kappa shape index (κ1) is 14.1. The largest absolute Gasteiger partial charge is 0.344 e. The van der Waals surface area contributed by atoms with E-state index in [4.69, 9.17) is 0 Å². The Morgan fingerprint density at radius 1 is 1.19 bits per heavy atom. The minimum atomic E-state index is -0.307. The van der Waals surface area contributed by atoms with Crippen LogP contribution in [0.2, 0.25) is 0 Å². The summed E-state index contributed by atoms with van der Waals surface area (Å²) in [7, 11) is 0. The molecular formula is C17H22N2O2. The first-order chi connectivity index (χ1) is 10.2. The zero-order valence-electron chi connectivity index (χ0n) is 12.3. The van der Waals surface area contributed by atoms with Crippen molar-refractivity contribution >= 4 is 11.8 Å². The lowest BCUT2D eigenvalue weighted by Crippen LogP contribution is -2.58. The summed E-state index contributed by atoms with van der Waals surface area (Å²) in [4.78, 5) is 26.2. The van der Waals surface area contributed by atoms with E-state index in [0.717, 1.165) is 38.6 Å². The van der Waals surface area contributed by atoms with Crippen LogP contribution in [-0.4, -0.2) is 35.3 Å². The summed E-state index contributed by atoms with van der Waals surface area (Å²) in [5.74, 6) is 0.128. The van der Waals surface area contributed by atoms with Crippen molar-refractivity contribution in [2.24, 2.45) is 0 Å². The molecule has 0 aliphatic carbocycles. The second-order valence-corrected chi connectivity index (χ2v) is 6.03. The Balaban J connectivity index is 1.61. The molecule has 0 radical (unpaired) electrons. The highest BCUT2D eigenvalue weighted by molar-refractivity contribution is 5.88. The molecule has 2 aliphatic rings. The molecule has 3 rings (SSSR count). The van der Waals surface area contributed by atoms with E-state index in [2.05, 4.69) is 17.4 Å². The molecule has 2 aliphatic heterocycles. The number of amides is 2. The van der Waals surface area contributed by atoms with Gasteiger partial charge in [0, 0.05) is 19.0 Å². The van der Waals surface area contributed by atoms with E-state index in [1.807, 2.05) is 23.1 Å². The maximum Gasteiger partial charge on any atom is 0.245 e. The maximum absolute atomic E-state index is 12.6. The lowest BCUT2D eigenvalue weighted by Gasteiger charge is -2.43. The van der Waals surface area contributed by atoms with E-state index in [9.17, 15) is 9.59 Å². The number of carbonyl (C=O) groups is 2. The van der Waals surface area contributed by atoms with Gasteiger partial charge in [-0.05, 0) is 31.2 Å². The van der Waals surface area contributed by atoms with Crippen LogP contribution in [0.4, 0.5) is 0 Å². The molecular weight excluding hydrogens is 264 g/mol. The minimum Gasteiger partial charge on any atom is -0.344 e. The van der Waals surface area contributed by atoms with E-state index < -0.39 is 0 Å². The average Bonchev–Trinajstić information content (AvgIpc) is 2.69. The van der Waals surface area contributed by atoms with E-state index in [1.165, 1.54) is 5.56 Å². The number of nitrogens with zero attached hydrogens (tertiary/aromatic N) is 1. The number of rotatable bonds is 3. The summed E-state index contributed by atoms with van der Waals surface area (Å²) in [5.41, 5.74) is 1.27. The molecule has 2 amide bonds. The van der Waals surface area contributed by atoms with Gasteiger partial charge in [0.1, 0.15) is 6.04 Å². The van der Waals surface area contributed by atoms with Crippen molar-refractivity contribution in [3.8, 4) is 0 Å². The number of benzene rings is 1. The number of carbonyl (C=O) groups excluding carboxylic acids is 2. The van der Waals surface area contributed by atoms with E-state index in [0.29, 0.717) is 12.5 Å². The third-order valence-electron chi connectivity index (χ3n) is 4.52. The third kappa shape index (κ3) is 3.26. The molecule has 2 fully saturated rings. The molecule has 112 valence electrons. The van der Waals surface area contributed by atoms with Crippen molar-refractivity contribution in [1.82, 2.24) is 10.2 Å². The van der Waals surface area contributed by atoms with Gasteiger partial charge in [0.15, 0.2) is 0 Å². The van der Waals surface area contributed by atoms with Gasteiger partial charge >= 0.3 is 0 Å². The predicted molar refractivity (Wildman–Crippen MR) is 80.7 cm³/mol. The fourth-order valence-corrected chi connectivity index (χ4v) is 3.19. The first-order valence-electron chi connectivity index (χ1n) is 7.88. The zero-order valence-corrected chi connectivity index (χ0v) is 12.3. The van der Waals surface area contributed by atoms with E-state index in [-0.39, 0.29) is 17.9 Å². The summed E-state index contributed by atoms with van der Waals surface area (Å²) in [5, 5.41) is 2.88. The van der Waals surface area contributed by atoms with Gasteiger partial charge in [0.2, 0.25) is 11.8 Å². The second kappa shape index (κ2) is 6.29. The molecule has 1 N–H and O–H groups in total. The van der Waals surface area contributed by atoms with Gasteiger partial charge in [0.05, 0.1) is 0 Å². The zero-order chi connectivity index (χ0) is 14.7. The monoisotopic (exact) mass is 286 g/mol. The second-order valence-electron chi connectivity index (χ2n) is 6.03. The molecule has 4 heteroatoms. The first-order valence-corrected chi connectivity index (χ1v) is 7.88. The van der Waals surface area contributed by atoms with Gasteiger partial charge < -0.3 is 10.2 Å². The van der Waals surface area contributed by atoms with Gasteiger partial charge in [-0.25, -0.2) is 0 Å².